The van der Waals surface area contributed by atoms with Crippen LogP contribution >= 0.6 is 0 Å². The zero-order valence-corrected chi connectivity index (χ0v) is 12.6. The van der Waals surface area contributed by atoms with Crippen LogP contribution in [0.5, 0.6) is 11.5 Å². The molecule has 1 aliphatic carbocycles. The number of rotatable bonds is 6. The summed E-state index contributed by atoms with van der Waals surface area (Å²) in [5.74, 6) is 1.28. The van der Waals surface area contributed by atoms with Crippen molar-refractivity contribution in [1.29, 1.82) is 0 Å². The average molecular weight is 290 g/mol. The summed E-state index contributed by atoms with van der Waals surface area (Å²) < 4.78 is 16.0. The number of allylic oxidation sites excluding steroid dienone is 2. The summed E-state index contributed by atoms with van der Waals surface area (Å²) >= 11 is 0. The quantitative estimate of drug-likeness (QED) is 0.596. The van der Waals surface area contributed by atoms with Crippen LogP contribution in [0.2, 0.25) is 0 Å². The molecule has 1 aliphatic rings. The van der Waals surface area contributed by atoms with Crippen molar-refractivity contribution in [3.8, 4) is 11.5 Å². The molecule has 0 spiro atoms. The van der Waals surface area contributed by atoms with Crippen LogP contribution < -0.4 is 9.47 Å². The second kappa shape index (κ2) is 7.72. The van der Waals surface area contributed by atoms with Crippen LogP contribution in [0.1, 0.15) is 24.8 Å². The standard InChI is InChI=1S/C17H22O4/c1-13-8-9-15(16(10-13)19-2)20-12-17(18)21-11-14-6-4-3-5-7-14/h3-4,8-10,14H,5-7,11-12H2,1-2H3. The molecule has 0 bridgehead atoms. The molecule has 0 aliphatic heterocycles. The molecule has 21 heavy (non-hydrogen) atoms. The molecule has 1 aromatic rings. The van der Waals surface area contributed by atoms with E-state index in [0.29, 0.717) is 24.0 Å². The van der Waals surface area contributed by atoms with E-state index in [1.807, 2.05) is 19.1 Å². The monoisotopic (exact) mass is 290 g/mol. The van der Waals surface area contributed by atoms with E-state index >= 15 is 0 Å². The van der Waals surface area contributed by atoms with Gasteiger partial charge in [-0.3, -0.25) is 0 Å². The third-order valence-electron chi connectivity index (χ3n) is 3.52. The molecule has 2 rings (SSSR count). The fourth-order valence-electron chi connectivity index (χ4n) is 2.29. The molecule has 1 unspecified atom stereocenters. The number of carbonyl (C=O) groups excluding carboxylic acids is 1. The van der Waals surface area contributed by atoms with Gasteiger partial charge in [-0.1, -0.05) is 18.2 Å². The normalized spacial score (nSPS) is 17.3. The fourth-order valence-corrected chi connectivity index (χ4v) is 2.29. The van der Waals surface area contributed by atoms with E-state index in [4.69, 9.17) is 14.2 Å². The van der Waals surface area contributed by atoms with E-state index in [9.17, 15) is 4.79 Å². The Morgan fingerprint density at radius 1 is 1.29 bits per heavy atom. The summed E-state index contributed by atoms with van der Waals surface area (Å²) in [6, 6.07) is 5.58. The van der Waals surface area contributed by atoms with Crippen LogP contribution in [0.15, 0.2) is 30.4 Å². The summed E-state index contributed by atoms with van der Waals surface area (Å²) in [4.78, 5) is 11.7. The Kier molecular flexibility index (Phi) is 5.67. The van der Waals surface area contributed by atoms with Gasteiger partial charge in [0, 0.05) is 0 Å². The number of benzene rings is 1. The van der Waals surface area contributed by atoms with Crippen LogP contribution in [0.3, 0.4) is 0 Å². The van der Waals surface area contributed by atoms with Crippen molar-refractivity contribution in [2.75, 3.05) is 20.3 Å². The molecule has 0 aromatic heterocycles. The van der Waals surface area contributed by atoms with Crippen LogP contribution in [0.25, 0.3) is 0 Å². The number of carbonyl (C=O) groups is 1. The molecule has 0 N–H and O–H groups in total. The summed E-state index contributed by atoms with van der Waals surface area (Å²) in [6.07, 6.45) is 7.45. The zero-order chi connectivity index (χ0) is 15.1. The minimum absolute atomic E-state index is 0.0953. The molecular formula is C17H22O4. The average Bonchev–Trinajstić information content (AvgIpc) is 2.52. The maximum Gasteiger partial charge on any atom is 0.344 e. The van der Waals surface area contributed by atoms with E-state index in [0.717, 1.165) is 24.8 Å². The van der Waals surface area contributed by atoms with E-state index in [2.05, 4.69) is 12.2 Å². The van der Waals surface area contributed by atoms with Crippen LogP contribution in [0, 0.1) is 12.8 Å². The summed E-state index contributed by atoms with van der Waals surface area (Å²) in [5, 5.41) is 0. The van der Waals surface area contributed by atoms with Crippen LogP contribution in [-0.2, 0) is 9.53 Å². The van der Waals surface area contributed by atoms with Gasteiger partial charge in [0.2, 0.25) is 0 Å². The highest BCUT2D eigenvalue weighted by atomic mass is 16.6. The number of hydrogen-bond donors (Lipinski definition) is 0. The molecule has 0 fully saturated rings. The fraction of sp³-hybridized carbons (Fsp3) is 0.471. The first-order valence-electron chi connectivity index (χ1n) is 7.27. The molecular weight excluding hydrogens is 268 g/mol. The minimum atomic E-state index is -0.341. The van der Waals surface area contributed by atoms with Crippen molar-refractivity contribution in [3.05, 3.63) is 35.9 Å². The maximum absolute atomic E-state index is 11.7. The zero-order valence-electron chi connectivity index (χ0n) is 12.6. The third kappa shape index (κ3) is 4.81. The van der Waals surface area contributed by atoms with Gasteiger partial charge in [0.15, 0.2) is 18.1 Å². The molecule has 0 heterocycles. The Morgan fingerprint density at radius 3 is 2.86 bits per heavy atom. The van der Waals surface area contributed by atoms with Gasteiger partial charge in [-0.05, 0) is 49.8 Å². The van der Waals surface area contributed by atoms with E-state index in [1.165, 1.54) is 0 Å². The number of hydrogen-bond acceptors (Lipinski definition) is 4. The van der Waals surface area contributed by atoms with Gasteiger partial charge in [-0.2, -0.15) is 0 Å². The topological polar surface area (TPSA) is 44.8 Å². The smallest absolute Gasteiger partial charge is 0.344 e. The van der Waals surface area contributed by atoms with Gasteiger partial charge in [0.1, 0.15) is 0 Å². The molecule has 0 saturated carbocycles. The Labute approximate surface area is 125 Å². The molecule has 0 saturated heterocycles. The highest BCUT2D eigenvalue weighted by molar-refractivity contribution is 5.71. The van der Waals surface area contributed by atoms with Crippen molar-refractivity contribution in [1.82, 2.24) is 0 Å². The van der Waals surface area contributed by atoms with Crippen LogP contribution in [-0.4, -0.2) is 26.3 Å². The summed E-state index contributed by atoms with van der Waals surface area (Å²) in [5.41, 5.74) is 1.08. The van der Waals surface area contributed by atoms with Gasteiger partial charge >= 0.3 is 5.97 Å². The lowest BCUT2D eigenvalue weighted by Crippen LogP contribution is -2.20. The van der Waals surface area contributed by atoms with Gasteiger partial charge < -0.3 is 14.2 Å². The first-order valence-corrected chi connectivity index (χ1v) is 7.27. The predicted octanol–water partition coefficient (Wildman–Crippen LogP) is 3.28. The lowest BCUT2D eigenvalue weighted by atomic mass is 9.95. The lowest BCUT2D eigenvalue weighted by molar-refractivity contribution is -0.147. The highest BCUT2D eigenvalue weighted by Gasteiger charge is 2.14. The SMILES string of the molecule is COc1cc(C)ccc1OCC(=O)OCC1CC=CCC1. The molecule has 1 aromatic carbocycles. The Bertz CT molecular complexity index is 508. The molecule has 4 heteroatoms. The van der Waals surface area contributed by atoms with Gasteiger partial charge in [0.25, 0.3) is 0 Å². The first kappa shape index (κ1) is 15.4. The third-order valence-corrected chi connectivity index (χ3v) is 3.52. The highest BCUT2D eigenvalue weighted by Crippen LogP contribution is 2.27. The number of esters is 1. The van der Waals surface area contributed by atoms with E-state index < -0.39 is 0 Å². The number of ether oxygens (including phenoxy) is 3. The van der Waals surface area contributed by atoms with Crippen LogP contribution in [0.4, 0.5) is 0 Å². The van der Waals surface area contributed by atoms with Gasteiger partial charge in [0.05, 0.1) is 13.7 Å². The number of methoxy groups -OCH3 is 1. The summed E-state index contributed by atoms with van der Waals surface area (Å²) in [6.45, 7) is 2.35. The largest absolute Gasteiger partial charge is 0.493 e. The molecule has 114 valence electrons. The van der Waals surface area contributed by atoms with E-state index in [1.54, 1.807) is 13.2 Å². The second-order valence-electron chi connectivity index (χ2n) is 5.28. The lowest BCUT2D eigenvalue weighted by Gasteiger charge is -2.17. The first-order chi connectivity index (χ1) is 10.2. The van der Waals surface area contributed by atoms with E-state index in [-0.39, 0.29) is 12.6 Å². The maximum atomic E-state index is 11.7. The van der Waals surface area contributed by atoms with Gasteiger partial charge in [-0.15, -0.1) is 0 Å². The van der Waals surface area contributed by atoms with Crippen molar-refractivity contribution in [2.45, 2.75) is 26.2 Å². The van der Waals surface area contributed by atoms with Crippen molar-refractivity contribution in [2.24, 2.45) is 5.92 Å². The summed E-state index contributed by atoms with van der Waals surface area (Å²) in [7, 11) is 1.58. The Balaban J connectivity index is 1.77. The van der Waals surface area contributed by atoms with Crippen molar-refractivity contribution >= 4 is 5.97 Å². The second-order valence-corrected chi connectivity index (χ2v) is 5.28. The molecule has 4 nitrogen and oxygen atoms in total. The van der Waals surface area contributed by atoms with Crippen molar-refractivity contribution in [3.63, 3.8) is 0 Å². The van der Waals surface area contributed by atoms with Crippen molar-refractivity contribution < 1.29 is 19.0 Å². The minimum Gasteiger partial charge on any atom is -0.493 e. The Morgan fingerprint density at radius 2 is 2.14 bits per heavy atom. The molecule has 0 amide bonds. The number of aryl methyl sites for hydroxylation is 1. The Hall–Kier alpha value is -1.97. The molecule has 0 radical (unpaired) electrons. The molecule has 1 atom stereocenters. The predicted molar refractivity (Wildman–Crippen MR) is 80.7 cm³/mol. The van der Waals surface area contributed by atoms with Gasteiger partial charge in [-0.25, -0.2) is 4.79 Å².